The van der Waals surface area contributed by atoms with Crippen LogP contribution in [0.2, 0.25) is 0 Å². The Morgan fingerprint density at radius 3 is 2.20 bits per heavy atom. The second-order valence-corrected chi connectivity index (χ2v) is 8.77. The maximum atomic E-state index is 10.1. The molecule has 3 atom stereocenters. The maximum Gasteiger partial charge on any atom is 0.0555 e. The number of aliphatic hydroxyl groups excluding tert-OH is 1. The lowest BCUT2D eigenvalue weighted by molar-refractivity contribution is -0.0116. The van der Waals surface area contributed by atoms with Crippen molar-refractivity contribution < 1.29 is 5.11 Å². The second-order valence-electron chi connectivity index (χ2n) is 8.77. The van der Waals surface area contributed by atoms with Crippen LogP contribution in [0.3, 0.4) is 0 Å². The molecular weight excluding hydrogens is 246 g/mol. The number of hydrogen-bond donors (Lipinski definition) is 1. The lowest BCUT2D eigenvalue weighted by Crippen LogP contribution is -2.49. The fourth-order valence-corrected chi connectivity index (χ4v) is 3.46. The summed E-state index contributed by atoms with van der Waals surface area (Å²) in [7, 11) is 2.26. The highest BCUT2D eigenvalue weighted by molar-refractivity contribution is 4.93. The molecule has 0 aromatic heterocycles. The summed E-state index contributed by atoms with van der Waals surface area (Å²) < 4.78 is 0. The molecule has 0 aliphatic heterocycles. The molecule has 0 saturated heterocycles. The zero-order valence-corrected chi connectivity index (χ0v) is 14.9. The van der Waals surface area contributed by atoms with Crippen LogP contribution in [-0.4, -0.2) is 35.7 Å². The van der Waals surface area contributed by atoms with Crippen LogP contribution in [0, 0.1) is 16.7 Å². The van der Waals surface area contributed by atoms with Crippen molar-refractivity contribution >= 4 is 0 Å². The number of aliphatic hydroxyl groups is 1. The van der Waals surface area contributed by atoms with Gasteiger partial charge in [-0.05, 0) is 56.0 Å². The van der Waals surface area contributed by atoms with Crippen molar-refractivity contribution in [1.82, 2.24) is 4.90 Å². The third kappa shape index (κ3) is 5.04. The van der Waals surface area contributed by atoms with E-state index in [0.29, 0.717) is 22.8 Å². The molecule has 0 aromatic rings. The van der Waals surface area contributed by atoms with E-state index in [1.165, 1.54) is 19.3 Å². The van der Waals surface area contributed by atoms with Crippen molar-refractivity contribution in [2.45, 2.75) is 85.8 Å². The maximum absolute atomic E-state index is 10.1. The van der Waals surface area contributed by atoms with Crippen molar-refractivity contribution in [1.29, 1.82) is 0 Å². The molecule has 2 nitrogen and oxygen atoms in total. The summed E-state index contributed by atoms with van der Waals surface area (Å²) in [6, 6.07) is 0.538. The van der Waals surface area contributed by atoms with E-state index in [-0.39, 0.29) is 6.10 Å². The first kappa shape index (κ1) is 18.0. The van der Waals surface area contributed by atoms with Crippen molar-refractivity contribution in [2.75, 3.05) is 13.6 Å². The zero-order valence-electron chi connectivity index (χ0n) is 14.9. The average Bonchev–Trinajstić information content (AvgIpc) is 2.34. The summed E-state index contributed by atoms with van der Waals surface area (Å²) in [5.41, 5.74) is 0.762. The van der Waals surface area contributed by atoms with Gasteiger partial charge in [0.2, 0.25) is 0 Å². The van der Waals surface area contributed by atoms with Gasteiger partial charge < -0.3 is 10.0 Å². The molecule has 1 rings (SSSR count). The Hall–Kier alpha value is -0.0800. The molecule has 1 saturated carbocycles. The smallest absolute Gasteiger partial charge is 0.0555 e. The molecule has 0 heterocycles. The summed E-state index contributed by atoms with van der Waals surface area (Å²) in [6.07, 6.45) is 5.45. The Bertz CT molecular complexity index is 292. The summed E-state index contributed by atoms with van der Waals surface area (Å²) in [6.45, 7) is 15.2. The van der Waals surface area contributed by atoms with Gasteiger partial charge in [0.1, 0.15) is 0 Å². The van der Waals surface area contributed by atoms with Gasteiger partial charge in [-0.1, -0.05) is 48.0 Å². The minimum atomic E-state index is -0.0963. The standard InChI is InChI=1S/C18H37NO/c1-8-18(5,6)15-10-9-14(20)13-16(15)19(7)12-11-17(2,3)4/h14-16,20H,8-13H2,1-7H3. The predicted molar refractivity (Wildman–Crippen MR) is 87.9 cm³/mol. The Morgan fingerprint density at radius 2 is 1.70 bits per heavy atom. The van der Waals surface area contributed by atoms with Crippen LogP contribution in [0.15, 0.2) is 0 Å². The normalized spacial score (nSPS) is 28.9. The summed E-state index contributed by atoms with van der Waals surface area (Å²) >= 11 is 0. The Balaban J connectivity index is 2.74. The van der Waals surface area contributed by atoms with Crippen LogP contribution < -0.4 is 0 Å². The summed E-state index contributed by atoms with van der Waals surface area (Å²) in [5, 5.41) is 10.1. The monoisotopic (exact) mass is 283 g/mol. The van der Waals surface area contributed by atoms with Gasteiger partial charge >= 0.3 is 0 Å². The van der Waals surface area contributed by atoms with E-state index in [1.54, 1.807) is 0 Å². The first-order valence-corrected chi connectivity index (χ1v) is 8.45. The first-order chi connectivity index (χ1) is 9.07. The molecule has 0 amide bonds. The quantitative estimate of drug-likeness (QED) is 0.812. The number of rotatable bonds is 5. The molecule has 0 radical (unpaired) electrons. The number of hydrogen-bond acceptors (Lipinski definition) is 2. The van der Waals surface area contributed by atoms with Gasteiger partial charge in [-0.2, -0.15) is 0 Å². The van der Waals surface area contributed by atoms with Gasteiger partial charge in [-0.3, -0.25) is 0 Å². The Labute approximate surface area is 126 Å². The predicted octanol–water partition coefficient (Wildman–Crippen LogP) is 4.32. The van der Waals surface area contributed by atoms with Crippen LogP contribution >= 0.6 is 0 Å². The van der Waals surface area contributed by atoms with Gasteiger partial charge in [0.25, 0.3) is 0 Å². The SMILES string of the molecule is CCC(C)(C)C1CCC(O)CC1N(C)CCC(C)(C)C. The van der Waals surface area contributed by atoms with Gasteiger partial charge in [0, 0.05) is 6.04 Å². The zero-order chi connectivity index (χ0) is 15.6. The van der Waals surface area contributed by atoms with Crippen molar-refractivity contribution in [3.63, 3.8) is 0 Å². The average molecular weight is 284 g/mol. The van der Waals surface area contributed by atoms with Crippen LogP contribution in [-0.2, 0) is 0 Å². The molecule has 3 unspecified atom stereocenters. The molecule has 20 heavy (non-hydrogen) atoms. The largest absolute Gasteiger partial charge is 0.393 e. The fourth-order valence-electron chi connectivity index (χ4n) is 3.46. The molecule has 2 heteroatoms. The first-order valence-electron chi connectivity index (χ1n) is 8.45. The molecule has 1 fully saturated rings. The van der Waals surface area contributed by atoms with Crippen LogP contribution in [0.1, 0.15) is 73.6 Å². The topological polar surface area (TPSA) is 23.5 Å². The third-order valence-corrected chi connectivity index (χ3v) is 5.48. The van der Waals surface area contributed by atoms with E-state index in [0.717, 1.165) is 19.4 Å². The highest BCUT2D eigenvalue weighted by Crippen LogP contribution is 2.42. The van der Waals surface area contributed by atoms with Crippen LogP contribution in [0.5, 0.6) is 0 Å². The minimum Gasteiger partial charge on any atom is -0.393 e. The molecule has 1 N–H and O–H groups in total. The van der Waals surface area contributed by atoms with E-state index in [1.807, 2.05) is 0 Å². The highest BCUT2D eigenvalue weighted by atomic mass is 16.3. The lowest BCUT2D eigenvalue weighted by atomic mass is 9.66. The van der Waals surface area contributed by atoms with Gasteiger partial charge in [0.05, 0.1) is 6.10 Å². The molecule has 0 spiro atoms. The van der Waals surface area contributed by atoms with E-state index in [2.05, 4.69) is 53.5 Å². The third-order valence-electron chi connectivity index (χ3n) is 5.48. The molecule has 1 aliphatic rings. The molecule has 0 aromatic carbocycles. The summed E-state index contributed by atoms with van der Waals surface area (Å²) in [4.78, 5) is 2.52. The number of nitrogens with zero attached hydrogens (tertiary/aromatic N) is 1. The molecule has 0 bridgehead atoms. The highest BCUT2D eigenvalue weighted by Gasteiger charge is 2.40. The Kier molecular flexibility index (Phi) is 6.10. The lowest BCUT2D eigenvalue weighted by Gasteiger charge is -2.47. The second kappa shape index (κ2) is 6.79. The van der Waals surface area contributed by atoms with Crippen LogP contribution in [0.4, 0.5) is 0 Å². The van der Waals surface area contributed by atoms with E-state index in [9.17, 15) is 5.11 Å². The van der Waals surface area contributed by atoms with E-state index < -0.39 is 0 Å². The van der Waals surface area contributed by atoms with Crippen LogP contribution in [0.25, 0.3) is 0 Å². The van der Waals surface area contributed by atoms with Crippen molar-refractivity contribution in [3.05, 3.63) is 0 Å². The van der Waals surface area contributed by atoms with E-state index >= 15 is 0 Å². The van der Waals surface area contributed by atoms with Gasteiger partial charge in [-0.15, -0.1) is 0 Å². The molecule has 1 aliphatic carbocycles. The molecular formula is C18H37NO. The van der Waals surface area contributed by atoms with Gasteiger partial charge in [0.15, 0.2) is 0 Å². The Morgan fingerprint density at radius 1 is 1.10 bits per heavy atom. The van der Waals surface area contributed by atoms with Crippen molar-refractivity contribution in [3.8, 4) is 0 Å². The summed E-state index contributed by atoms with van der Waals surface area (Å²) in [5.74, 6) is 0.709. The minimum absolute atomic E-state index is 0.0963. The van der Waals surface area contributed by atoms with Gasteiger partial charge in [-0.25, -0.2) is 0 Å². The molecule has 120 valence electrons. The van der Waals surface area contributed by atoms with E-state index in [4.69, 9.17) is 0 Å². The fraction of sp³-hybridized carbons (Fsp3) is 1.00. The van der Waals surface area contributed by atoms with Crippen molar-refractivity contribution in [2.24, 2.45) is 16.7 Å².